The maximum absolute atomic E-state index is 12.2. The average Bonchev–Trinajstić information content (AvgIpc) is 2.87. The van der Waals surface area contributed by atoms with Crippen LogP contribution in [0.5, 0.6) is 0 Å². The molecular weight excluding hydrogens is 336 g/mol. The van der Waals surface area contributed by atoms with Gasteiger partial charge in [0, 0.05) is 16.8 Å². The molecule has 1 atom stereocenters. The van der Waals surface area contributed by atoms with Gasteiger partial charge in [-0.05, 0) is 45.4 Å². The van der Waals surface area contributed by atoms with Crippen LogP contribution in [0.2, 0.25) is 0 Å². The van der Waals surface area contributed by atoms with Gasteiger partial charge >= 0.3 is 5.97 Å². The Hall–Kier alpha value is -2.93. The third-order valence-electron chi connectivity index (χ3n) is 4.03. The van der Waals surface area contributed by atoms with Crippen molar-refractivity contribution in [1.82, 2.24) is 4.98 Å². The van der Waals surface area contributed by atoms with Crippen molar-refractivity contribution in [1.29, 1.82) is 0 Å². The predicted octanol–water partition coefficient (Wildman–Crippen LogP) is 2.68. The van der Waals surface area contributed by atoms with Crippen LogP contribution in [0.3, 0.4) is 0 Å². The number of anilines is 1. The lowest BCUT2D eigenvalue weighted by Crippen LogP contribution is -2.22. The van der Waals surface area contributed by atoms with Gasteiger partial charge in [-0.2, -0.15) is 0 Å². The highest BCUT2D eigenvalue weighted by molar-refractivity contribution is 6.04. The van der Waals surface area contributed by atoms with Gasteiger partial charge in [-0.3, -0.25) is 9.59 Å². The van der Waals surface area contributed by atoms with Gasteiger partial charge in [-0.25, -0.2) is 4.79 Å². The Bertz CT molecular complexity index is 852. The first-order valence-corrected chi connectivity index (χ1v) is 8.16. The highest BCUT2D eigenvalue weighted by Crippen LogP contribution is 2.24. The summed E-state index contributed by atoms with van der Waals surface area (Å²) in [5.41, 5.74) is 2.84. The van der Waals surface area contributed by atoms with Crippen LogP contribution < -0.4 is 5.32 Å². The first kappa shape index (κ1) is 19.4. The number of carbonyl (C=O) groups is 3. The van der Waals surface area contributed by atoms with E-state index in [1.54, 1.807) is 45.0 Å². The number of aromatic nitrogens is 1. The molecule has 0 spiro atoms. The van der Waals surface area contributed by atoms with Crippen molar-refractivity contribution in [3.05, 3.63) is 52.3 Å². The molecule has 26 heavy (non-hydrogen) atoms. The fourth-order valence-electron chi connectivity index (χ4n) is 2.88. The number of benzene rings is 1. The largest absolute Gasteiger partial charge is 0.451 e. The van der Waals surface area contributed by atoms with Gasteiger partial charge in [0.25, 0.3) is 5.91 Å². The van der Waals surface area contributed by atoms with Gasteiger partial charge in [-0.15, -0.1) is 0 Å². The molecule has 138 valence electrons. The Morgan fingerprint density at radius 2 is 1.88 bits per heavy atom. The molecule has 0 unspecified atom stereocenters. The minimum absolute atomic E-state index is 0.180. The molecule has 7 nitrogen and oxygen atoms in total. The number of ether oxygens (including phenoxy) is 1. The fourth-order valence-corrected chi connectivity index (χ4v) is 2.88. The average molecular weight is 358 g/mol. The second kappa shape index (κ2) is 7.97. The highest BCUT2D eigenvalue weighted by Gasteiger charge is 2.21. The van der Waals surface area contributed by atoms with Crippen LogP contribution in [0.15, 0.2) is 24.3 Å². The molecule has 2 aromatic rings. The van der Waals surface area contributed by atoms with E-state index in [4.69, 9.17) is 4.74 Å². The number of ketones is 1. The number of esters is 1. The lowest BCUT2D eigenvalue weighted by atomic mass is 10.1. The molecule has 1 amide bonds. The molecule has 0 bridgehead atoms. The van der Waals surface area contributed by atoms with Crippen LogP contribution in [-0.2, 0) is 9.53 Å². The Labute approximate surface area is 151 Å². The van der Waals surface area contributed by atoms with E-state index in [9.17, 15) is 19.5 Å². The molecule has 0 aliphatic rings. The number of aromatic amines is 1. The van der Waals surface area contributed by atoms with Crippen molar-refractivity contribution in [3.8, 4) is 0 Å². The Kier molecular flexibility index (Phi) is 5.94. The number of carbonyl (C=O) groups excluding carboxylic acids is 3. The van der Waals surface area contributed by atoms with Crippen LogP contribution in [0.25, 0.3) is 0 Å². The molecule has 2 rings (SSSR count). The van der Waals surface area contributed by atoms with E-state index in [2.05, 4.69) is 10.3 Å². The number of amides is 1. The molecule has 0 radical (unpaired) electrons. The zero-order valence-corrected chi connectivity index (χ0v) is 15.2. The lowest BCUT2D eigenvalue weighted by Gasteiger charge is -2.09. The molecule has 7 heteroatoms. The van der Waals surface area contributed by atoms with Crippen LogP contribution in [-0.4, -0.2) is 34.4 Å². The molecule has 1 heterocycles. The summed E-state index contributed by atoms with van der Waals surface area (Å²) in [6.45, 7) is 5.97. The molecule has 0 saturated heterocycles. The van der Waals surface area contributed by atoms with E-state index in [1.807, 2.05) is 0 Å². The lowest BCUT2D eigenvalue weighted by molar-refractivity contribution is -0.119. The van der Waals surface area contributed by atoms with E-state index in [1.165, 1.54) is 6.92 Å². The quantitative estimate of drug-likeness (QED) is 0.543. The van der Waals surface area contributed by atoms with Crippen molar-refractivity contribution >= 4 is 23.3 Å². The van der Waals surface area contributed by atoms with E-state index >= 15 is 0 Å². The van der Waals surface area contributed by atoms with Crippen LogP contribution in [0.1, 0.15) is 57.6 Å². The maximum Gasteiger partial charge on any atom is 0.355 e. The number of aliphatic hydroxyl groups excluding tert-OH is 1. The summed E-state index contributed by atoms with van der Waals surface area (Å²) in [6, 6.07) is 6.59. The molecule has 0 aliphatic heterocycles. The third kappa shape index (κ3) is 4.18. The summed E-state index contributed by atoms with van der Waals surface area (Å²) < 4.78 is 5.04. The van der Waals surface area contributed by atoms with Gasteiger partial charge in [0.15, 0.2) is 12.4 Å². The molecule has 0 aliphatic carbocycles. The fraction of sp³-hybridized carbons (Fsp3) is 0.316. The monoisotopic (exact) mass is 358 g/mol. The van der Waals surface area contributed by atoms with E-state index in [0.29, 0.717) is 28.1 Å². The van der Waals surface area contributed by atoms with Gasteiger partial charge < -0.3 is 20.1 Å². The Morgan fingerprint density at radius 3 is 2.46 bits per heavy atom. The number of rotatable bonds is 6. The summed E-state index contributed by atoms with van der Waals surface area (Å²) in [4.78, 5) is 38.7. The van der Waals surface area contributed by atoms with Crippen LogP contribution in [0.4, 0.5) is 5.69 Å². The number of hydrogen-bond donors (Lipinski definition) is 3. The summed E-state index contributed by atoms with van der Waals surface area (Å²) in [7, 11) is 0. The minimum atomic E-state index is -0.723. The second-order valence-corrected chi connectivity index (χ2v) is 6.07. The number of para-hydroxylation sites is 1. The topological polar surface area (TPSA) is 108 Å². The van der Waals surface area contributed by atoms with E-state index < -0.39 is 24.6 Å². The first-order valence-electron chi connectivity index (χ1n) is 8.16. The summed E-state index contributed by atoms with van der Waals surface area (Å²) >= 11 is 0. The van der Waals surface area contributed by atoms with Crippen molar-refractivity contribution < 1.29 is 24.2 Å². The van der Waals surface area contributed by atoms with E-state index in [0.717, 1.165) is 0 Å². The number of aliphatic hydroxyl groups is 1. The normalized spacial score (nSPS) is 11.7. The zero-order chi connectivity index (χ0) is 19.4. The maximum atomic E-state index is 12.2. The van der Waals surface area contributed by atoms with Gasteiger partial charge in [0.2, 0.25) is 0 Å². The van der Waals surface area contributed by atoms with Crippen LogP contribution in [0, 0.1) is 13.8 Å². The molecule has 1 aromatic carbocycles. The Balaban J connectivity index is 2.03. The Morgan fingerprint density at radius 1 is 1.23 bits per heavy atom. The predicted molar refractivity (Wildman–Crippen MR) is 96.3 cm³/mol. The number of Topliss-reactive ketones (excluding diaryl/α,β-unsaturated/α-hetero) is 1. The van der Waals surface area contributed by atoms with Crippen molar-refractivity contribution in [2.24, 2.45) is 0 Å². The SMILES string of the molecule is CC(=O)c1ccccc1NC(=O)COC(=O)c1[nH]c(C)c([C@@H](C)O)c1C. The molecule has 1 aromatic heterocycles. The van der Waals surface area contributed by atoms with Crippen molar-refractivity contribution in [2.45, 2.75) is 33.8 Å². The van der Waals surface area contributed by atoms with Crippen molar-refractivity contribution in [3.63, 3.8) is 0 Å². The summed E-state index contributed by atoms with van der Waals surface area (Å²) in [6.07, 6.45) is -0.723. The molecule has 0 saturated carbocycles. The molecular formula is C19H22N2O5. The van der Waals surface area contributed by atoms with Crippen molar-refractivity contribution in [2.75, 3.05) is 11.9 Å². The molecule has 0 fully saturated rings. The zero-order valence-electron chi connectivity index (χ0n) is 15.2. The number of aryl methyl sites for hydroxylation is 1. The smallest absolute Gasteiger partial charge is 0.355 e. The number of hydrogen-bond acceptors (Lipinski definition) is 5. The number of H-pyrrole nitrogens is 1. The number of nitrogens with one attached hydrogen (secondary N) is 2. The minimum Gasteiger partial charge on any atom is -0.451 e. The standard InChI is InChI=1S/C19H22N2O5/c1-10-17(13(4)23)11(2)20-18(10)19(25)26-9-16(24)21-15-8-6-5-7-14(15)12(3)22/h5-8,13,20,23H,9H2,1-4H3,(H,21,24)/t13-/m1/s1. The van der Waals surface area contributed by atoms with Gasteiger partial charge in [0.1, 0.15) is 5.69 Å². The summed E-state index contributed by atoms with van der Waals surface area (Å²) in [5, 5.41) is 12.3. The van der Waals surface area contributed by atoms with Crippen LogP contribution >= 0.6 is 0 Å². The highest BCUT2D eigenvalue weighted by atomic mass is 16.5. The second-order valence-electron chi connectivity index (χ2n) is 6.07. The van der Waals surface area contributed by atoms with Gasteiger partial charge in [0.05, 0.1) is 11.8 Å². The van der Waals surface area contributed by atoms with Gasteiger partial charge in [-0.1, -0.05) is 12.1 Å². The summed E-state index contributed by atoms with van der Waals surface area (Å²) in [5.74, 6) is -1.42. The molecule has 3 N–H and O–H groups in total. The van der Waals surface area contributed by atoms with E-state index in [-0.39, 0.29) is 11.5 Å². The first-order chi connectivity index (χ1) is 12.2. The third-order valence-corrected chi connectivity index (χ3v) is 4.03.